The van der Waals surface area contributed by atoms with E-state index in [1.165, 1.54) is 22.7 Å². The van der Waals surface area contributed by atoms with Crippen molar-refractivity contribution >= 4 is 33.7 Å². The number of hydrogen-bond donors (Lipinski definition) is 1. The second-order valence-electron chi connectivity index (χ2n) is 3.71. The van der Waals surface area contributed by atoms with E-state index >= 15 is 0 Å². The second kappa shape index (κ2) is 5.29. The minimum Gasteiger partial charge on any atom is -0.297 e. The number of carbonyl (C=O) groups excluding carboxylic acids is 1. The number of nitrogens with one attached hydrogen (secondary N) is 1. The third-order valence-corrected chi connectivity index (χ3v) is 4.05. The maximum atomic E-state index is 11.9. The fourth-order valence-electron chi connectivity index (χ4n) is 1.54. The van der Waals surface area contributed by atoms with Gasteiger partial charge in [0, 0.05) is 23.3 Å². The van der Waals surface area contributed by atoms with Crippen LogP contribution in [0.2, 0.25) is 0 Å². The summed E-state index contributed by atoms with van der Waals surface area (Å²) in [4.78, 5) is 21.0. The van der Waals surface area contributed by atoms with Gasteiger partial charge in [0.2, 0.25) is 0 Å². The maximum Gasteiger partial charge on any atom is 0.267 e. The fourth-order valence-corrected chi connectivity index (χ4v) is 2.88. The van der Waals surface area contributed by atoms with Crippen LogP contribution in [0.5, 0.6) is 0 Å². The summed E-state index contributed by atoms with van der Waals surface area (Å²) in [5, 5.41) is 7.16. The molecule has 0 atom stereocenters. The topological polar surface area (TPSA) is 54.9 Å². The lowest BCUT2D eigenvalue weighted by atomic mass is 10.2. The second-order valence-corrected chi connectivity index (χ2v) is 5.52. The first-order chi connectivity index (χ1) is 9.33. The molecule has 0 saturated carbocycles. The molecule has 0 aliphatic rings. The number of hydrogen-bond acceptors (Lipinski definition) is 5. The Hall–Kier alpha value is -2.05. The van der Waals surface area contributed by atoms with Gasteiger partial charge in [0.25, 0.3) is 5.91 Å². The number of carbonyl (C=O) groups is 1. The predicted molar refractivity (Wildman–Crippen MR) is 77.6 cm³/mol. The van der Waals surface area contributed by atoms with Crippen molar-refractivity contribution in [2.75, 3.05) is 5.32 Å². The lowest BCUT2D eigenvalue weighted by Gasteiger charge is -1.98. The molecule has 0 bridgehead atoms. The third-order valence-electron chi connectivity index (χ3n) is 2.43. The van der Waals surface area contributed by atoms with Crippen molar-refractivity contribution in [1.82, 2.24) is 9.97 Å². The average molecular weight is 287 g/mol. The summed E-state index contributed by atoms with van der Waals surface area (Å²) in [5.74, 6) is -0.123. The molecule has 0 radical (unpaired) electrons. The summed E-state index contributed by atoms with van der Waals surface area (Å²) in [6.45, 7) is 0. The van der Waals surface area contributed by atoms with Crippen LogP contribution in [0.3, 0.4) is 0 Å². The van der Waals surface area contributed by atoms with Gasteiger partial charge in [-0.15, -0.1) is 22.7 Å². The van der Waals surface area contributed by atoms with Crippen molar-refractivity contribution in [1.29, 1.82) is 0 Å². The standard InChI is InChI=1S/C13H9N3OS2/c17-12(11-4-2-6-18-11)16-13-15-10(8-19-13)9-3-1-5-14-7-9/h1-8H,(H,15,16,17). The van der Waals surface area contributed by atoms with Gasteiger partial charge in [0.15, 0.2) is 5.13 Å². The van der Waals surface area contributed by atoms with Crippen LogP contribution < -0.4 is 5.32 Å². The molecule has 0 unspecified atom stereocenters. The van der Waals surface area contributed by atoms with Crippen molar-refractivity contribution < 1.29 is 4.79 Å². The van der Waals surface area contributed by atoms with Crippen LogP contribution in [0, 0.1) is 0 Å². The summed E-state index contributed by atoms with van der Waals surface area (Å²) in [6.07, 6.45) is 3.47. The zero-order chi connectivity index (χ0) is 13.1. The minimum absolute atomic E-state index is 0.123. The highest BCUT2D eigenvalue weighted by Crippen LogP contribution is 2.24. The molecular weight excluding hydrogens is 278 g/mol. The number of thiazole rings is 1. The van der Waals surface area contributed by atoms with Crippen LogP contribution in [0.25, 0.3) is 11.3 Å². The molecule has 0 fully saturated rings. The van der Waals surface area contributed by atoms with Gasteiger partial charge < -0.3 is 0 Å². The van der Waals surface area contributed by atoms with E-state index in [2.05, 4.69) is 15.3 Å². The first kappa shape index (κ1) is 12.0. The molecule has 3 aromatic rings. The molecule has 3 aromatic heterocycles. The van der Waals surface area contributed by atoms with Crippen LogP contribution >= 0.6 is 22.7 Å². The molecule has 4 nitrogen and oxygen atoms in total. The highest BCUT2D eigenvalue weighted by Gasteiger charge is 2.10. The average Bonchev–Trinajstić information content (AvgIpc) is 3.11. The largest absolute Gasteiger partial charge is 0.297 e. The molecular formula is C13H9N3OS2. The number of amides is 1. The maximum absolute atomic E-state index is 11.9. The minimum atomic E-state index is -0.123. The third kappa shape index (κ3) is 2.69. The summed E-state index contributed by atoms with van der Waals surface area (Å²) < 4.78 is 0. The Labute approximate surface area is 117 Å². The lowest BCUT2D eigenvalue weighted by molar-refractivity contribution is 0.103. The number of anilines is 1. The molecule has 0 aromatic carbocycles. The summed E-state index contributed by atoms with van der Waals surface area (Å²) in [5.41, 5.74) is 1.76. The molecule has 0 spiro atoms. The van der Waals surface area contributed by atoms with E-state index in [9.17, 15) is 4.79 Å². The van der Waals surface area contributed by atoms with Crippen LogP contribution in [0.1, 0.15) is 9.67 Å². The SMILES string of the molecule is O=C(Nc1nc(-c2cccnc2)cs1)c1cccs1. The zero-order valence-electron chi connectivity index (χ0n) is 9.74. The molecule has 6 heteroatoms. The van der Waals surface area contributed by atoms with Crippen LogP contribution in [0.4, 0.5) is 5.13 Å². The Morgan fingerprint density at radius 3 is 2.89 bits per heavy atom. The quantitative estimate of drug-likeness (QED) is 0.802. The molecule has 0 aliphatic carbocycles. The number of thiophene rings is 1. The van der Waals surface area contributed by atoms with Gasteiger partial charge in [-0.25, -0.2) is 4.98 Å². The van der Waals surface area contributed by atoms with Crippen molar-refractivity contribution in [3.05, 3.63) is 52.3 Å². The van der Waals surface area contributed by atoms with E-state index in [0.717, 1.165) is 11.3 Å². The smallest absolute Gasteiger partial charge is 0.267 e. The Kier molecular flexibility index (Phi) is 3.35. The van der Waals surface area contributed by atoms with Crippen LogP contribution in [0.15, 0.2) is 47.4 Å². The van der Waals surface area contributed by atoms with Gasteiger partial charge >= 0.3 is 0 Å². The molecule has 0 saturated heterocycles. The zero-order valence-corrected chi connectivity index (χ0v) is 11.4. The van der Waals surface area contributed by atoms with Crippen molar-refractivity contribution in [2.24, 2.45) is 0 Å². The Bertz CT molecular complexity index is 677. The van der Waals surface area contributed by atoms with E-state index < -0.39 is 0 Å². The van der Waals surface area contributed by atoms with Gasteiger partial charge in [0.05, 0.1) is 10.6 Å². The van der Waals surface area contributed by atoms with E-state index in [1.54, 1.807) is 18.5 Å². The molecule has 3 rings (SSSR count). The van der Waals surface area contributed by atoms with E-state index in [4.69, 9.17) is 0 Å². The first-order valence-electron chi connectivity index (χ1n) is 5.54. The van der Waals surface area contributed by atoms with Crippen LogP contribution in [-0.4, -0.2) is 15.9 Å². The molecule has 3 heterocycles. The molecule has 1 N–H and O–H groups in total. The number of rotatable bonds is 3. The predicted octanol–water partition coefficient (Wildman–Crippen LogP) is 3.52. The molecule has 19 heavy (non-hydrogen) atoms. The van der Waals surface area contributed by atoms with E-state index in [-0.39, 0.29) is 5.91 Å². The monoisotopic (exact) mass is 287 g/mol. The number of pyridine rings is 1. The highest BCUT2D eigenvalue weighted by atomic mass is 32.1. The Balaban J connectivity index is 1.77. The first-order valence-corrected chi connectivity index (χ1v) is 7.29. The molecule has 0 aliphatic heterocycles. The lowest BCUT2D eigenvalue weighted by Crippen LogP contribution is -2.09. The fraction of sp³-hybridized carbons (Fsp3) is 0. The van der Waals surface area contributed by atoms with Gasteiger partial charge in [-0.05, 0) is 23.6 Å². The van der Waals surface area contributed by atoms with Gasteiger partial charge in [-0.1, -0.05) is 6.07 Å². The number of nitrogens with zero attached hydrogens (tertiary/aromatic N) is 2. The van der Waals surface area contributed by atoms with Gasteiger partial charge in [0.1, 0.15) is 0 Å². The highest BCUT2D eigenvalue weighted by molar-refractivity contribution is 7.14. The van der Waals surface area contributed by atoms with E-state index in [1.807, 2.05) is 29.0 Å². The normalized spacial score (nSPS) is 10.3. The molecule has 1 amide bonds. The Morgan fingerprint density at radius 2 is 2.16 bits per heavy atom. The summed E-state index contributed by atoms with van der Waals surface area (Å²) in [7, 11) is 0. The molecule has 94 valence electrons. The van der Waals surface area contributed by atoms with Crippen molar-refractivity contribution in [2.45, 2.75) is 0 Å². The summed E-state index contributed by atoms with van der Waals surface area (Å²) >= 11 is 2.81. The van der Waals surface area contributed by atoms with Crippen LogP contribution in [-0.2, 0) is 0 Å². The van der Waals surface area contributed by atoms with E-state index in [0.29, 0.717) is 10.0 Å². The number of aromatic nitrogens is 2. The Morgan fingerprint density at radius 1 is 1.21 bits per heavy atom. The van der Waals surface area contributed by atoms with Crippen molar-refractivity contribution in [3.8, 4) is 11.3 Å². The summed E-state index contributed by atoms with van der Waals surface area (Å²) in [6, 6.07) is 7.43. The van der Waals surface area contributed by atoms with Crippen molar-refractivity contribution in [3.63, 3.8) is 0 Å². The van der Waals surface area contributed by atoms with Gasteiger partial charge in [-0.3, -0.25) is 15.1 Å². The van der Waals surface area contributed by atoms with Gasteiger partial charge in [-0.2, -0.15) is 0 Å².